The average molecular weight is 267 g/mol. The van der Waals surface area contributed by atoms with E-state index in [4.69, 9.17) is 15.0 Å². The van der Waals surface area contributed by atoms with Gasteiger partial charge in [-0.05, 0) is 46.2 Å². The quantitative estimate of drug-likeness (QED) is 0.469. The minimum absolute atomic E-state index is 0.336. The van der Waals surface area contributed by atoms with Crippen LogP contribution in [-0.4, -0.2) is 18.3 Å². The van der Waals surface area contributed by atoms with Crippen molar-refractivity contribution < 1.29 is 9.31 Å². The van der Waals surface area contributed by atoms with Crippen LogP contribution in [0.25, 0.3) is 0 Å². The topological polar surface area (TPSA) is 44.5 Å². The fourth-order valence-electron chi connectivity index (χ4n) is 1.50. The van der Waals surface area contributed by atoms with Gasteiger partial charge in [0.1, 0.15) is 0 Å². The van der Waals surface area contributed by atoms with Gasteiger partial charge < -0.3 is 15.0 Å². The van der Waals surface area contributed by atoms with Crippen LogP contribution in [0, 0.1) is 0 Å². The van der Waals surface area contributed by atoms with Crippen LogP contribution in [0.5, 0.6) is 0 Å². The Hall–Kier alpha value is -0.645. The van der Waals surface area contributed by atoms with Gasteiger partial charge in [-0.15, -0.1) is 12.6 Å². The summed E-state index contributed by atoms with van der Waals surface area (Å²) in [6, 6.07) is 0. The van der Waals surface area contributed by atoms with Crippen LogP contribution in [0.2, 0.25) is 0 Å². The molecule has 5 heteroatoms. The van der Waals surface area contributed by atoms with Gasteiger partial charge in [0.25, 0.3) is 0 Å². The maximum Gasteiger partial charge on any atom is 0.490 e. The summed E-state index contributed by atoms with van der Waals surface area (Å²) in [5.74, 6) is 0. The van der Waals surface area contributed by atoms with Crippen LogP contribution < -0.4 is 5.73 Å². The standard InChI is InChI=1S/C13H22BNO2S/c1-7-10(15)11(18)8-9(2)14-16-12(3,4)13(5,6)17-14/h7-8,18H,1,15H2,2-6H3/b9-8+,11-10-. The second-order valence-electron chi connectivity index (χ2n) is 5.52. The Morgan fingerprint density at radius 3 is 2.06 bits per heavy atom. The van der Waals surface area contributed by atoms with E-state index in [0.717, 1.165) is 5.47 Å². The van der Waals surface area contributed by atoms with Crippen molar-refractivity contribution in [2.75, 3.05) is 0 Å². The lowest BCUT2D eigenvalue weighted by Crippen LogP contribution is -2.41. The second kappa shape index (κ2) is 5.15. The Bertz CT molecular complexity index is 397. The maximum atomic E-state index is 5.93. The SMILES string of the molecule is C=C/C(N)=C(S)\C=C(/C)B1OC(C)(C)C(C)(C)O1. The third-order valence-electron chi connectivity index (χ3n) is 3.51. The zero-order valence-corrected chi connectivity index (χ0v) is 12.7. The third kappa shape index (κ3) is 3.02. The third-order valence-corrected chi connectivity index (χ3v) is 3.89. The number of allylic oxidation sites excluding steroid dienone is 3. The summed E-state index contributed by atoms with van der Waals surface area (Å²) in [5, 5.41) is 0. The van der Waals surface area contributed by atoms with E-state index in [1.807, 2.05) is 40.7 Å². The van der Waals surface area contributed by atoms with Gasteiger partial charge in [0, 0.05) is 10.6 Å². The largest absolute Gasteiger partial charge is 0.490 e. The highest BCUT2D eigenvalue weighted by atomic mass is 32.1. The van der Waals surface area contributed by atoms with Crippen molar-refractivity contribution >= 4 is 19.7 Å². The summed E-state index contributed by atoms with van der Waals surface area (Å²) in [6.45, 7) is 13.6. The van der Waals surface area contributed by atoms with Gasteiger partial charge in [0.15, 0.2) is 0 Å². The molecule has 0 amide bonds. The predicted octanol–water partition coefficient (Wildman–Crippen LogP) is 2.85. The van der Waals surface area contributed by atoms with Gasteiger partial charge in [-0.2, -0.15) is 0 Å². The molecule has 0 aromatic carbocycles. The summed E-state index contributed by atoms with van der Waals surface area (Å²) in [6.07, 6.45) is 3.42. The Labute approximate surface area is 116 Å². The minimum atomic E-state index is -0.366. The molecular formula is C13H22BNO2S. The van der Waals surface area contributed by atoms with E-state index in [2.05, 4.69) is 19.2 Å². The zero-order valence-electron chi connectivity index (χ0n) is 11.8. The van der Waals surface area contributed by atoms with Crippen molar-refractivity contribution in [1.29, 1.82) is 0 Å². The summed E-state index contributed by atoms with van der Waals surface area (Å²) < 4.78 is 11.9. The molecule has 1 heterocycles. The van der Waals surface area contributed by atoms with E-state index in [-0.39, 0.29) is 18.3 Å². The zero-order chi connectivity index (χ0) is 14.1. The lowest BCUT2D eigenvalue weighted by Gasteiger charge is -2.32. The molecule has 100 valence electrons. The predicted molar refractivity (Wildman–Crippen MR) is 80.2 cm³/mol. The van der Waals surface area contributed by atoms with E-state index in [9.17, 15) is 0 Å². The van der Waals surface area contributed by atoms with Gasteiger partial charge in [-0.1, -0.05) is 12.7 Å². The first-order valence-corrected chi connectivity index (χ1v) is 6.40. The van der Waals surface area contributed by atoms with Crippen LogP contribution in [0.15, 0.2) is 34.8 Å². The first-order chi connectivity index (χ1) is 8.10. The molecule has 0 aliphatic carbocycles. The molecule has 0 unspecified atom stereocenters. The van der Waals surface area contributed by atoms with E-state index in [0.29, 0.717) is 10.6 Å². The lowest BCUT2D eigenvalue weighted by molar-refractivity contribution is 0.00578. The number of rotatable bonds is 3. The van der Waals surface area contributed by atoms with Crippen LogP contribution in [-0.2, 0) is 9.31 Å². The van der Waals surface area contributed by atoms with E-state index in [1.165, 1.54) is 0 Å². The molecule has 1 rings (SSSR count). The number of thiol groups is 1. The van der Waals surface area contributed by atoms with E-state index >= 15 is 0 Å². The number of hydrogen-bond donors (Lipinski definition) is 2. The Morgan fingerprint density at radius 2 is 1.67 bits per heavy atom. The second-order valence-corrected chi connectivity index (χ2v) is 6.00. The first-order valence-electron chi connectivity index (χ1n) is 5.95. The first kappa shape index (κ1) is 15.4. The molecule has 0 aromatic rings. The van der Waals surface area contributed by atoms with E-state index in [1.54, 1.807) is 6.08 Å². The van der Waals surface area contributed by atoms with Crippen LogP contribution in [0.3, 0.4) is 0 Å². The molecule has 0 aromatic heterocycles. The van der Waals surface area contributed by atoms with Crippen molar-refractivity contribution in [3.63, 3.8) is 0 Å². The van der Waals surface area contributed by atoms with Crippen molar-refractivity contribution in [2.24, 2.45) is 5.73 Å². The van der Waals surface area contributed by atoms with Crippen molar-refractivity contribution in [1.82, 2.24) is 0 Å². The lowest BCUT2D eigenvalue weighted by atomic mass is 9.79. The Morgan fingerprint density at radius 1 is 1.22 bits per heavy atom. The molecule has 0 radical (unpaired) electrons. The highest BCUT2D eigenvalue weighted by Crippen LogP contribution is 2.38. The molecule has 0 saturated carbocycles. The smallest absolute Gasteiger partial charge is 0.400 e. The fraction of sp³-hybridized carbons (Fsp3) is 0.538. The average Bonchev–Trinajstić information content (AvgIpc) is 2.47. The van der Waals surface area contributed by atoms with Gasteiger partial charge >= 0.3 is 7.12 Å². The minimum Gasteiger partial charge on any atom is -0.400 e. The monoisotopic (exact) mass is 267 g/mol. The normalized spacial score (nSPS) is 23.9. The fourth-order valence-corrected chi connectivity index (χ4v) is 1.80. The molecule has 3 nitrogen and oxygen atoms in total. The number of nitrogens with two attached hydrogens (primary N) is 1. The van der Waals surface area contributed by atoms with Gasteiger partial charge in [-0.3, -0.25) is 0 Å². The molecule has 1 aliphatic rings. The van der Waals surface area contributed by atoms with Gasteiger partial charge in [-0.25, -0.2) is 0 Å². The molecule has 1 saturated heterocycles. The molecule has 0 bridgehead atoms. The molecule has 1 fully saturated rings. The van der Waals surface area contributed by atoms with Crippen molar-refractivity contribution in [3.8, 4) is 0 Å². The maximum absolute atomic E-state index is 5.93. The summed E-state index contributed by atoms with van der Waals surface area (Å²) in [5.41, 5.74) is 6.53. The highest BCUT2D eigenvalue weighted by molar-refractivity contribution is 7.84. The molecule has 2 N–H and O–H groups in total. The number of hydrogen-bond acceptors (Lipinski definition) is 4. The summed E-state index contributed by atoms with van der Waals surface area (Å²) >= 11 is 4.32. The molecule has 0 spiro atoms. The molecule has 0 atom stereocenters. The van der Waals surface area contributed by atoms with Crippen LogP contribution in [0.4, 0.5) is 0 Å². The summed E-state index contributed by atoms with van der Waals surface area (Å²) in [4.78, 5) is 0.664. The van der Waals surface area contributed by atoms with E-state index < -0.39 is 0 Å². The van der Waals surface area contributed by atoms with Gasteiger partial charge in [0.2, 0.25) is 0 Å². The van der Waals surface area contributed by atoms with Gasteiger partial charge in [0.05, 0.1) is 11.2 Å². The Balaban J connectivity index is 2.93. The van der Waals surface area contributed by atoms with Crippen LogP contribution >= 0.6 is 12.6 Å². The highest BCUT2D eigenvalue weighted by Gasteiger charge is 2.51. The molecule has 18 heavy (non-hydrogen) atoms. The van der Waals surface area contributed by atoms with Crippen LogP contribution in [0.1, 0.15) is 34.6 Å². The van der Waals surface area contributed by atoms with Crippen molar-refractivity contribution in [2.45, 2.75) is 45.8 Å². The Kier molecular flexibility index (Phi) is 4.41. The molecular weight excluding hydrogens is 245 g/mol. The van der Waals surface area contributed by atoms with Crippen molar-refractivity contribution in [3.05, 3.63) is 34.8 Å². The molecule has 1 aliphatic heterocycles. The summed E-state index contributed by atoms with van der Waals surface area (Å²) in [7, 11) is -0.366.